The van der Waals surface area contributed by atoms with Crippen molar-refractivity contribution in [2.45, 2.75) is 13.0 Å². The predicted molar refractivity (Wildman–Crippen MR) is 66.3 cm³/mol. The molecule has 1 aromatic rings. The Morgan fingerprint density at radius 3 is 2.76 bits per heavy atom. The minimum atomic E-state index is -1.07. The molecule has 0 aromatic heterocycles. The topological polar surface area (TPSA) is 66.8 Å². The Kier molecular flexibility index (Phi) is 5.61. The van der Waals surface area contributed by atoms with Gasteiger partial charge in [-0.15, -0.1) is 0 Å². The third-order valence-electron chi connectivity index (χ3n) is 2.36. The van der Waals surface area contributed by atoms with Crippen LogP contribution < -0.4 is 0 Å². The number of benzene rings is 1. The first-order valence-electron chi connectivity index (χ1n) is 5.31. The maximum atomic E-state index is 11.5. The lowest BCUT2D eigenvalue weighted by Crippen LogP contribution is -2.27. The number of aliphatic hydroxyl groups excluding tert-OH is 2. The van der Waals surface area contributed by atoms with Gasteiger partial charge in [0.2, 0.25) is 0 Å². The molecule has 0 aliphatic heterocycles. The van der Waals surface area contributed by atoms with E-state index >= 15 is 0 Å². The molecule has 17 heavy (non-hydrogen) atoms. The number of halogens is 1. The van der Waals surface area contributed by atoms with E-state index in [0.29, 0.717) is 5.56 Å². The molecule has 94 valence electrons. The van der Waals surface area contributed by atoms with Gasteiger partial charge in [-0.25, -0.2) is 0 Å². The molecule has 1 rings (SSSR count). The van der Waals surface area contributed by atoms with Crippen molar-refractivity contribution in [3.05, 3.63) is 34.3 Å². The Hall–Kier alpha value is -0.910. The average molecular weight is 303 g/mol. The first kappa shape index (κ1) is 14.2. The number of ether oxygens (including phenoxy) is 1. The van der Waals surface area contributed by atoms with E-state index in [0.717, 1.165) is 4.47 Å². The smallest absolute Gasteiger partial charge is 0.314 e. The fraction of sp³-hybridized carbons (Fsp3) is 0.417. The number of carbonyl (C=O) groups excluding carboxylic acids is 1. The Labute approximate surface area is 108 Å². The monoisotopic (exact) mass is 302 g/mol. The van der Waals surface area contributed by atoms with E-state index < -0.39 is 24.6 Å². The van der Waals surface area contributed by atoms with E-state index in [1.165, 1.54) is 0 Å². The Morgan fingerprint density at radius 1 is 1.53 bits per heavy atom. The fourth-order valence-electron chi connectivity index (χ4n) is 1.48. The van der Waals surface area contributed by atoms with E-state index in [2.05, 4.69) is 15.9 Å². The van der Waals surface area contributed by atoms with Crippen molar-refractivity contribution < 1.29 is 19.7 Å². The molecule has 0 aliphatic carbocycles. The third-order valence-corrected chi connectivity index (χ3v) is 2.85. The largest absolute Gasteiger partial charge is 0.466 e. The van der Waals surface area contributed by atoms with Crippen molar-refractivity contribution in [1.29, 1.82) is 0 Å². The van der Waals surface area contributed by atoms with Crippen molar-refractivity contribution in [3.8, 4) is 0 Å². The second-order valence-electron chi connectivity index (χ2n) is 3.54. The lowest BCUT2D eigenvalue weighted by Gasteiger charge is -2.19. The minimum Gasteiger partial charge on any atom is -0.466 e. The number of esters is 1. The van der Waals surface area contributed by atoms with Crippen molar-refractivity contribution in [2.75, 3.05) is 13.2 Å². The SMILES string of the molecule is CCOC(=O)C(CO)C(O)c1cccc(Br)c1. The molecule has 1 aromatic carbocycles. The van der Waals surface area contributed by atoms with E-state index in [4.69, 9.17) is 9.84 Å². The van der Waals surface area contributed by atoms with Gasteiger partial charge in [0.15, 0.2) is 0 Å². The highest BCUT2D eigenvalue weighted by Gasteiger charge is 2.28. The molecule has 5 heteroatoms. The van der Waals surface area contributed by atoms with E-state index in [1.54, 1.807) is 25.1 Å². The molecule has 0 saturated carbocycles. The van der Waals surface area contributed by atoms with Crippen LogP contribution in [-0.2, 0) is 9.53 Å². The highest BCUT2D eigenvalue weighted by atomic mass is 79.9. The summed E-state index contributed by atoms with van der Waals surface area (Å²) in [5.74, 6) is -1.55. The van der Waals surface area contributed by atoms with Gasteiger partial charge in [0.25, 0.3) is 0 Å². The zero-order chi connectivity index (χ0) is 12.8. The van der Waals surface area contributed by atoms with Crippen molar-refractivity contribution in [2.24, 2.45) is 5.92 Å². The highest BCUT2D eigenvalue weighted by Crippen LogP contribution is 2.25. The molecule has 0 radical (unpaired) electrons. The zero-order valence-electron chi connectivity index (χ0n) is 9.47. The van der Waals surface area contributed by atoms with Crippen LogP contribution >= 0.6 is 15.9 Å². The Balaban J connectivity index is 2.85. The zero-order valence-corrected chi connectivity index (χ0v) is 11.1. The number of aliphatic hydroxyl groups is 2. The quantitative estimate of drug-likeness (QED) is 0.812. The van der Waals surface area contributed by atoms with Gasteiger partial charge in [-0.3, -0.25) is 4.79 Å². The molecule has 0 heterocycles. The van der Waals surface area contributed by atoms with Gasteiger partial charge in [0.1, 0.15) is 5.92 Å². The molecule has 2 atom stereocenters. The fourth-order valence-corrected chi connectivity index (χ4v) is 1.89. The van der Waals surface area contributed by atoms with Gasteiger partial charge >= 0.3 is 5.97 Å². The van der Waals surface area contributed by atoms with Crippen LogP contribution in [0.1, 0.15) is 18.6 Å². The molecular formula is C12H15BrO4. The third kappa shape index (κ3) is 3.80. The molecule has 2 unspecified atom stereocenters. The van der Waals surface area contributed by atoms with Crippen LogP contribution in [0.2, 0.25) is 0 Å². The predicted octanol–water partition coefficient (Wildman–Crippen LogP) is 1.65. The van der Waals surface area contributed by atoms with Gasteiger partial charge < -0.3 is 14.9 Å². The van der Waals surface area contributed by atoms with Crippen LogP contribution in [-0.4, -0.2) is 29.4 Å². The summed E-state index contributed by atoms with van der Waals surface area (Å²) in [7, 11) is 0. The lowest BCUT2D eigenvalue weighted by atomic mass is 9.96. The summed E-state index contributed by atoms with van der Waals surface area (Å²) < 4.78 is 5.60. The number of carbonyl (C=O) groups is 1. The van der Waals surface area contributed by atoms with Gasteiger partial charge in [-0.05, 0) is 24.6 Å². The Bertz CT molecular complexity index is 381. The molecule has 4 nitrogen and oxygen atoms in total. The van der Waals surface area contributed by atoms with Gasteiger partial charge in [-0.2, -0.15) is 0 Å². The molecule has 2 N–H and O–H groups in total. The van der Waals surface area contributed by atoms with Gasteiger partial charge in [0.05, 0.1) is 19.3 Å². The summed E-state index contributed by atoms with van der Waals surface area (Å²) in [4.78, 5) is 11.5. The molecule has 0 aliphatic rings. The molecule has 0 saturated heterocycles. The van der Waals surface area contributed by atoms with Crippen molar-refractivity contribution in [1.82, 2.24) is 0 Å². The molecule has 0 fully saturated rings. The summed E-state index contributed by atoms with van der Waals surface area (Å²) in [6.07, 6.45) is -1.07. The van der Waals surface area contributed by atoms with Gasteiger partial charge in [-0.1, -0.05) is 28.1 Å². The molecule has 0 amide bonds. The highest BCUT2D eigenvalue weighted by molar-refractivity contribution is 9.10. The van der Waals surface area contributed by atoms with Crippen LogP contribution in [0.3, 0.4) is 0 Å². The van der Waals surface area contributed by atoms with Crippen LogP contribution in [0.15, 0.2) is 28.7 Å². The van der Waals surface area contributed by atoms with Crippen LogP contribution in [0.4, 0.5) is 0 Å². The summed E-state index contributed by atoms with van der Waals surface area (Å²) in [5, 5.41) is 19.2. The minimum absolute atomic E-state index is 0.223. The standard InChI is InChI=1S/C12H15BrO4/c1-2-17-12(16)10(7-14)11(15)8-4-3-5-9(13)6-8/h3-6,10-11,14-15H,2,7H2,1H3. The van der Waals surface area contributed by atoms with Crippen molar-refractivity contribution >= 4 is 21.9 Å². The summed E-state index contributed by atoms with van der Waals surface area (Å²) in [6, 6.07) is 6.96. The average Bonchev–Trinajstić information content (AvgIpc) is 2.30. The Morgan fingerprint density at radius 2 is 2.24 bits per heavy atom. The van der Waals surface area contributed by atoms with E-state index in [9.17, 15) is 9.90 Å². The summed E-state index contributed by atoms with van der Waals surface area (Å²) >= 11 is 3.28. The maximum absolute atomic E-state index is 11.5. The number of rotatable bonds is 5. The van der Waals surface area contributed by atoms with E-state index in [1.807, 2.05) is 6.07 Å². The van der Waals surface area contributed by atoms with Crippen LogP contribution in [0.5, 0.6) is 0 Å². The number of hydrogen-bond acceptors (Lipinski definition) is 4. The van der Waals surface area contributed by atoms with Crippen LogP contribution in [0.25, 0.3) is 0 Å². The summed E-state index contributed by atoms with van der Waals surface area (Å²) in [5.41, 5.74) is 0.562. The summed E-state index contributed by atoms with van der Waals surface area (Å²) in [6.45, 7) is 1.45. The molecule has 0 bridgehead atoms. The van der Waals surface area contributed by atoms with Crippen LogP contribution in [0, 0.1) is 5.92 Å². The normalized spacial score (nSPS) is 14.1. The van der Waals surface area contributed by atoms with Crippen molar-refractivity contribution in [3.63, 3.8) is 0 Å². The van der Waals surface area contributed by atoms with E-state index in [-0.39, 0.29) is 6.61 Å². The second-order valence-corrected chi connectivity index (χ2v) is 4.46. The lowest BCUT2D eigenvalue weighted by molar-refractivity contribution is -0.154. The number of hydrogen-bond donors (Lipinski definition) is 2. The maximum Gasteiger partial charge on any atom is 0.314 e. The van der Waals surface area contributed by atoms with Gasteiger partial charge in [0, 0.05) is 4.47 Å². The second kappa shape index (κ2) is 6.74. The molecular weight excluding hydrogens is 288 g/mol. The first-order valence-corrected chi connectivity index (χ1v) is 6.10. The molecule has 0 spiro atoms. The first-order chi connectivity index (χ1) is 8.10.